The molecule has 0 amide bonds. The predicted molar refractivity (Wildman–Crippen MR) is 110 cm³/mol. The molecule has 2 heterocycles. The van der Waals surface area contributed by atoms with Crippen LogP contribution in [0.1, 0.15) is 22.6 Å². The lowest BCUT2D eigenvalue weighted by Gasteiger charge is -2.09. The first-order valence-corrected chi connectivity index (χ1v) is 9.53. The number of nitrogens with zero attached hydrogens (tertiary/aromatic N) is 4. The second-order valence-corrected chi connectivity index (χ2v) is 7.34. The van der Waals surface area contributed by atoms with Gasteiger partial charge in [-0.15, -0.1) is 0 Å². The molecule has 0 saturated carbocycles. The standard InChI is InChI=1S/C22H17F3N4O3/c1-13-8-14(2)10-17(9-13)29-7-6-28(20(30)21(29)31)12-18-26-19(27-32-18)15-4-3-5-16(11-15)22(23,24)25/h3-11H,12H2,1-2H3. The molecule has 0 radical (unpaired) electrons. The number of halogens is 3. The van der Waals surface area contributed by atoms with Gasteiger partial charge in [0.25, 0.3) is 0 Å². The van der Waals surface area contributed by atoms with Crippen molar-refractivity contribution in [1.29, 1.82) is 0 Å². The summed E-state index contributed by atoms with van der Waals surface area (Å²) in [6, 6.07) is 10.0. The van der Waals surface area contributed by atoms with E-state index in [4.69, 9.17) is 4.52 Å². The number of benzene rings is 2. The molecule has 0 spiro atoms. The third kappa shape index (κ3) is 4.25. The largest absolute Gasteiger partial charge is 0.416 e. The van der Waals surface area contributed by atoms with Crippen molar-refractivity contribution in [3.8, 4) is 17.1 Å². The average Bonchev–Trinajstić information content (AvgIpc) is 3.19. The minimum absolute atomic E-state index is 0.0249. The number of aryl methyl sites for hydroxylation is 2. The zero-order chi connectivity index (χ0) is 23.0. The van der Waals surface area contributed by atoms with Crippen LogP contribution in [0, 0.1) is 13.8 Å². The Bertz CT molecular complexity index is 1400. The first kappa shape index (κ1) is 21.3. The summed E-state index contributed by atoms with van der Waals surface area (Å²) >= 11 is 0. The Kier molecular flexibility index (Phi) is 5.29. The van der Waals surface area contributed by atoms with Crippen molar-refractivity contribution in [2.75, 3.05) is 0 Å². The van der Waals surface area contributed by atoms with Gasteiger partial charge in [0.2, 0.25) is 11.7 Å². The molecule has 10 heteroatoms. The molecule has 0 N–H and O–H groups in total. The van der Waals surface area contributed by atoms with E-state index in [1.165, 1.54) is 29.1 Å². The number of alkyl halides is 3. The van der Waals surface area contributed by atoms with Gasteiger partial charge in [0.15, 0.2) is 0 Å². The van der Waals surface area contributed by atoms with E-state index >= 15 is 0 Å². The van der Waals surface area contributed by atoms with Gasteiger partial charge in [0.1, 0.15) is 6.54 Å². The van der Waals surface area contributed by atoms with Crippen LogP contribution in [0.5, 0.6) is 0 Å². The van der Waals surface area contributed by atoms with Crippen molar-refractivity contribution >= 4 is 0 Å². The Balaban J connectivity index is 1.63. The van der Waals surface area contributed by atoms with Crippen molar-refractivity contribution in [2.24, 2.45) is 0 Å². The molecule has 4 rings (SSSR count). The van der Waals surface area contributed by atoms with Crippen molar-refractivity contribution < 1.29 is 17.7 Å². The fraction of sp³-hybridized carbons (Fsp3) is 0.182. The van der Waals surface area contributed by atoms with E-state index in [-0.39, 0.29) is 23.8 Å². The summed E-state index contributed by atoms with van der Waals surface area (Å²) in [6.45, 7) is 3.58. The van der Waals surface area contributed by atoms with E-state index in [1.807, 2.05) is 19.9 Å². The summed E-state index contributed by atoms with van der Waals surface area (Å²) in [5.41, 5.74) is 0.190. The molecule has 164 valence electrons. The van der Waals surface area contributed by atoms with Crippen molar-refractivity contribution in [3.05, 3.63) is 98.1 Å². The van der Waals surface area contributed by atoms with Crippen LogP contribution < -0.4 is 11.1 Å². The molecule has 0 unspecified atom stereocenters. The normalized spacial score (nSPS) is 11.7. The van der Waals surface area contributed by atoms with Crippen LogP contribution in [-0.2, 0) is 12.7 Å². The summed E-state index contributed by atoms with van der Waals surface area (Å²) < 4.78 is 46.2. The third-order valence-corrected chi connectivity index (χ3v) is 4.76. The fourth-order valence-electron chi connectivity index (χ4n) is 3.34. The highest BCUT2D eigenvalue weighted by molar-refractivity contribution is 5.55. The van der Waals surface area contributed by atoms with Crippen molar-refractivity contribution in [1.82, 2.24) is 19.3 Å². The van der Waals surface area contributed by atoms with Crippen LogP contribution in [0.4, 0.5) is 13.2 Å². The van der Waals surface area contributed by atoms with Gasteiger partial charge in [0.05, 0.1) is 5.56 Å². The van der Waals surface area contributed by atoms with Crippen molar-refractivity contribution in [2.45, 2.75) is 26.6 Å². The maximum atomic E-state index is 12.9. The third-order valence-electron chi connectivity index (χ3n) is 4.76. The molecule has 7 nitrogen and oxygen atoms in total. The fourth-order valence-corrected chi connectivity index (χ4v) is 3.34. The zero-order valence-corrected chi connectivity index (χ0v) is 17.1. The van der Waals surface area contributed by atoms with E-state index in [0.29, 0.717) is 5.69 Å². The first-order valence-electron chi connectivity index (χ1n) is 9.53. The topological polar surface area (TPSA) is 82.9 Å². The lowest BCUT2D eigenvalue weighted by Crippen LogP contribution is -2.40. The highest BCUT2D eigenvalue weighted by Crippen LogP contribution is 2.31. The monoisotopic (exact) mass is 442 g/mol. The number of aromatic nitrogens is 4. The van der Waals surface area contributed by atoms with Gasteiger partial charge in [-0.1, -0.05) is 23.4 Å². The Morgan fingerprint density at radius 1 is 0.969 bits per heavy atom. The summed E-state index contributed by atoms with van der Waals surface area (Å²) in [4.78, 5) is 29.3. The van der Waals surface area contributed by atoms with Crippen molar-refractivity contribution in [3.63, 3.8) is 0 Å². The summed E-state index contributed by atoms with van der Waals surface area (Å²) in [5, 5.41) is 3.69. The van der Waals surface area contributed by atoms with Gasteiger partial charge in [-0.3, -0.25) is 18.7 Å². The lowest BCUT2D eigenvalue weighted by atomic mass is 10.1. The number of hydrogen-bond acceptors (Lipinski definition) is 5. The lowest BCUT2D eigenvalue weighted by molar-refractivity contribution is -0.137. The molecular weight excluding hydrogens is 425 g/mol. The zero-order valence-electron chi connectivity index (χ0n) is 17.1. The molecule has 2 aromatic carbocycles. The van der Waals surface area contributed by atoms with Gasteiger partial charge in [-0.05, 0) is 49.2 Å². The van der Waals surface area contributed by atoms with Gasteiger partial charge in [-0.25, -0.2) is 0 Å². The molecule has 0 aliphatic rings. The molecule has 0 bridgehead atoms. The SMILES string of the molecule is Cc1cc(C)cc(-n2ccn(Cc3nc(-c4cccc(C(F)(F)F)c4)no3)c(=O)c2=O)c1. The Morgan fingerprint density at radius 2 is 1.69 bits per heavy atom. The number of rotatable bonds is 4. The maximum Gasteiger partial charge on any atom is 0.416 e. The molecule has 0 atom stereocenters. The molecule has 0 saturated heterocycles. The van der Waals surface area contributed by atoms with Gasteiger partial charge in [0, 0.05) is 23.6 Å². The minimum atomic E-state index is -4.50. The van der Waals surface area contributed by atoms with Crippen LogP contribution in [0.3, 0.4) is 0 Å². The van der Waals surface area contributed by atoms with E-state index in [0.717, 1.165) is 27.8 Å². The van der Waals surface area contributed by atoms with Crippen LogP contribution in [-0.4, -0.2) is 19.3 Å². The minimum Gasteiger partial charge on any atom is -0.337 e. The molecular formula is C22H17F3N4O3. The Morgan fingerprint density at radius 3 is 2.38 bits per heavy atom. The molecule has 32 heavy (non-hydrogen) atoms. The van der Waals surface area contributed by atoms with Gasteiger partial charge >= 0.3 is 17.3 Å². The van der Waals surface area contributed by atoms with Crippen LogP contribution in [0.2, 0.25) is 0 Å². The van der Waals surface area contributed by atoms with Gasteiger partial charge in [-0.2, -0.15) is 18.2 Å². The molecule has 4 aromatic rings. The quantitative estimate of drug-likeness (QED) is 0.450. The van der Waals surface area contributed by atoms with Crippen LogP contribution in [0.25, 0.3) is 17.1 Å². The predicted octanol–water partition coefficient (Wildman–Crippen LogP) is 3.73. The summed E-state index contributed by atoms with van der Waals surface area (Å²) in [6.07, 6.45) is -1.63. The maximum absolute atomic E-state index is 12.9. The molecule has 0 aliphatic carbocycles. The smallest absolute Gasteiger partial charge is 0.337 e. The Hall–Kier alpha value is -3.95. The molecule has 2 aromatic heterocycles. The summed E-state index contributed by atoms with van der Waals surface area (Å²) in [5.74, 6) is -0.0780. The van der Waals surface area contributed by atoms with E-state index in [2.05, 4.69) is 10.1 Å². The second-order valence-electron chi connectivity index (χ2n) is 7.34. The Labute approximate surface area is 179 Å². The molecule has 0 aliphatic heterocycles. The van der Waals surface area contributed by atoms with Gasteiger partial charge < -0.3 is 4.52 Å². The number of hydrogen-bond donors (Lipinski definition) is 0. The van der Waals surface area contributed by atoms with E-state index in [1.54, 1.807) is 12.1 Å². The highest BCUT2D eigenvalue weighted by Gasteiger charge is 2.30. The first-order chi connectivity index (χ1) is 15.1. The van der Waals surface area contributed by atoms with Crippen LogP contribution >= 0.6 is 0 Å². The second kappa shape index (κ2) is 7.95. The average molecular weight is 442 g/mol. The van der Waals surface area contributed by atoms with Crippen LogP contribution in [0.15, 0.2) is 69.0 Å². The molecule has 0 fully saturated rings. The van der Waals surface area contributed by atoms with E-state index < -0.39 is 22.9 Å². The van der Waals surface area contributed by atoms with E-state index in [9.17, 15) is 22.8 Å². The highest BCUT2D eigenvalue weighted by atomic mass is 19.4. The summed E-state index contributed by atoms with van der Waals surface area (Å²) in [7, 11) is 0.